The molecule has 2 fully saturated rings. The number of carbonyl (C=O) groups is 3. The van der Waals surface area contributed by atoms with Gasteiger partial charge in [-0.3, -0.25) is 9.59 Å². The van der Waals surface area contributed by atoms with Crippen LogP contribution in [0.15, 0.2) is 0 Å². The van der Waals surface area contributed by atoms with Crippen LogP contribution in [0.1, 0.15) is 20.8 Å². The summed E-state index contributed by atoms with van der Waals surface area (Å²) in [5.74, 6) is -0.874. The van der Waals surface area contributed by atoms with Crippen LogP contribution < -0.4 is 5.32 Å². The average molecular weight is 272 g/mol. The van der Waals surface area contributed by atoms with E-state index < -0.39 is 22.8 Å². The molecule has 0 saturated carbocycles. The molecule has 0 aromatic carbocycles. The second-order valence-corrected chi connectivity index (χ2v) is 6.73. The Morgan fingerprint density at radius 2 is 2.06 bits per heavy atom. The van der Waals surface area contributed by atoms with E-state index in [1.165, 1.54) is 30.7 Å². The molecule has 2 amide bonds. The highest BCUT2D eigenvalue weighted by atomic mass is 32.2. The van der Waals surface area contributed by atoms with Crippen molar-refractivity contribution in [1.29, 1.82) is 0 Å². The number of methoxy groups -OCH3 is 1. The number of carbonyl (C=O) groups excluding carboxylic acids is 3. The number of fused-ring (bicyclic) bond motifs is 1. The smallest absolute Gasteiger partial charge is 0.330 e. The van der Waals surface area contributed by atoms with Gasteiger partial charge in [-0.05, 0) is 13.8 Å². The fourth-order valence-electron chi connectivity index (χ4n) is 2.46. The van der Waals surface area contributed by atoms with Crippen molar-refractivity contribution >= 4 is 29.5 Å². The van der Waals surface area contributed by atoms with E-state index in [0.717, 1.165) is 0 Å². The Morgan fingerprint density at radius 3 is 2.56 bits per heavy atom. The van der Waals surface area contributed by atoms with Gasteiger partial charge < -0.3 is 15.0 Å². The number of amides is 2. The molecule has 0 unspecified atom stereocenters. The molecule has 0 radical (unpaired) electrons. The van der Waals surface area contributed by atoms with E-state index in [-0.39, 0.29) is 17.2 Å². The molecule has 2 heterocycles. The zero-order valence-electron chi connectivity index (χ0n) is 10.7. The summed E-state index contributed by atoms with van der Waals surface area (Å²) in [6.07, 6.45) is 0. The van der Waals surface area contributed by atoms with E-state index in [4.69, 9.17) is 4.74 Å². The van der Waals surface area contributed by atoms with E-state index in [1.807, 2.05) is 13.8 Å². The maximum atomic E-state index is 12.0. The maximum Gasteiger partial charge on any atom is 0.330 e. The van der Waals surface area contributed by atoms with Crippen LogP contribution >= 0.6 is 11.8 Å². The number of hydrogen-bond donors (Lipinski definition) is 1. The lowest BCUT2D eigenvalue weighted by molar-refractivity contribution is -0.162. The van der Waals surface area contributed by atoms with Crippen LogP contribution in [0.25, 0.3) is 0 Å². The van der Waals surface area contributed by atoms with Gasteiger partial charge >= 0.3 is 5.97 Å². The number of nitrogens with one attached hydrogen (secondary N) is 1. The van der Waals surface area contributed by atoms with E-state index >= 15 is 0 Å². The first kappa shape index (κ1) is 13.2. The molecule has 2 aliphatic rings. The van der Waals surface area contributed by atoms with Crippen molar-refractivity contribution in [2.24, 2.45) is 0 Å². The quantitative estimate of drug-likeness (QED) is 0.553. The highest BCUT2D eigenvalue weighted by Crippen LogP contribution is 2.50. The van der Waals surface area contributed by atoms with Gasteiger partial charge in [-0.2, -0.15) is 0 Å². The van der Waals surface area contributed by atoms with Crippen molar-refractivity contribution < 1.29 is 19.1 Å². The number of β-lactam (4-membered cyclic amide) rings is 1. The van der Waals surface area contributed by atoms with Crippen LogP contribution in [0.4, 0.5) is 0 Å². The van der Waals surface area contributed by atoms with Gasteiger partial charge in [0.2, 0.25) is 11.8 Å². The van der Waals surface area contributed by atoms with Crippen LogP contribution in [0.5, 0.6) is 0 Å². The molecule has 1 N–H and O–H groups in total. The molecule has 2 saturated heterocycles. The first-order valence-electron chi connectivity index (χ1n) is 5.64. The highest BCUT2D eigenvalue weighted by molar-refractivity contribution is 8.01. The molecule has 100 valence electrons. The molecule has 3 atom stereocenters. The molecule has 0 aliphatic carbocycles. The summed E-state index contributed by atoms with van der Waals surface area (Å²) in [7, 11) is 1.31. The minimum Gasteiger partial charge on any atom is -0.467 e. The zero-order chi connectivity index (χ0) is 13.7. The summed E-state index contributed by atoms with van der Waals surface area (Å²) >= 11 is 1.51. The van der Waals surface area contributed by atoms with E-state index in [2.05, 4.69) is 5.32 Å². The van der Waals surface area contributed by atoms with Crippen molar-refractivity contribution in [3.8, 4) is 0 Å². The second kappa shape index (κ2) is 4.15. The third kappa shape index (κ3) is 1.77. The molecule has 18 heavy (non-hydrogen) atoms. The lowest BCUT2D eigenvalue weighted by Crippen LogP contribution is -2.70. The van der Waals surface area contributed by atoms with Gasteiger partial charge in [0, 0.05) is 11.7 Å². The summed E-state index contributed by atoms with van der Waals surface area (Å²) < 4.78 is 4.34. The van der Waals surface area contributed by atoms with Gasteiger partial charge in [-0.25, -0.2) is 4.79 Å². The molecule has 0 bridgehead atoms. The molecule has 0 aromatic heterocycles. The first-order chi connectivity index (χ1) is 8.29. The largest absolute Gasteiger partial charge is 0.467 e. The Labute approximate surface area is 109 Å². The second-order valence-electron chi connectivity index (χ2n) is 4.96. The fraction of sp³-hybridized carbons (Fsp3) is 0.727. The highest BCUT2D eigenvalue weighted by Gasteiger charge is 2.64. The Balaban J connectivity index is 2.21. The number of hydrogen-bond acceptors (Lipinski definition) is 5. The van der Waals surface area contributed by atoms with Gasteiger partial charge in [-0.1, -0.05) is 0 Å². The SMILES string of the molecule is COC(=O)[C@@H]1N2C(=O)[C@@H](NC(C)=O)[C@H]2SC1(C)C. The van der Waals surface area contributed by atoms with Gasteiger partial charge in [0.05, 0.1) is 7.11 Å². The molecule has 7 heteroatoms. The average Bonchev–Trinajstić information content (AvgIpc) is 2.54. The van der Waals surface area contributed by atoms with Gasteiger partial charge in [0.1, 0.15) is 17.5 Å². The minimum absolute atomic E-state index is 0.180. The topological polar surface area (TPSA) is 75.7 Å². The van der Waals surface area contributed by atoms with Crippen LogP contribution in [0.2, 0.25) is 0 Å². The summed E-state index contributed by atoms with van der Waals surface area (Å²) in [5.41, 5.74) is 0. The predicted octanol–water partition coefficient (Wildman–Crippen LogP) is -0.274. The summed E-state index contributed by atoms with van der Waals surface area (Å²) in [6.45, 7) is 5.17. The fourth-order valence-corrected chi connectivity index (χ4v) is 4.08. The van der Waals surface area contributed by atoms with Crippen molar-refractivity contribution in [1.82, 2.24) is 10.2 Å². The number of rotatable bonds is 2. The summed E-state index contributed by atoms with van der Waals surface area (Å²) in [5, 5.41) is 2.43. The van der Waals surface area contributed by atoms with E-state index in [0.29, 0.717) is 0 Å². The Morgan fingerprint density at radius 1 is 1.44 bits per heavy atom. The van der Waals surface area contributed by atoms with Crippen LogP contribution in [-0.4, -0.2) is 52.0 Å². The maximum absolute atomic E-state index is 12.0. The Bertz CT molecular complexity index is 423. The number of nitrogens with zero attached hydrogens (tertiary/aromatic N) is 1. The van der Waals surface area contributed by atoms with Gasteiger partial charge in [-0.15, -0.1) is 11.8 Å². The molecular formula is C11H16N2O4S. The third-order valence-electron chi connectivity index (χ3n) is 3.22. The van der Waals surface area contributed by atoms with E-state index in [9.17, 15) is 14.4 Å². The van der Waals surface area contributed by atoms with Gasteiger partial charge in [0.25, 0.3) is 0 Å². The lowest BCUT2D eigenvalue weighted by Gasteiger charge is -2.43. The number of ether oxygens (including phenoxy) is 1. The minimum atomic E-state index is -0.588. The van der Waals surface area contributed by atoms with Crippen LogP contribution in [-0.2, 0) is 19.1 Å². The summed E-state index contributed by atoms with van der Waals surface area (Å²) in [6, 6.07) is -1.11. The molecule has 2 rings (SSSR count). The normalized spacial score (nSPS) is 32.6. The standard InChI is InChI=1S/C11H16N2O4S/c1-5(14)12-6-8(15)13-7(10(16)17-4)11(2,3)18-9(6)13/h6-7,9H,1-4H3,(H,12,14)/t6-,7+,9-/m1/s1. The zero-order valence-corrected chi connectivity index (χ0v) is 11.5. The van der Waals surface area contributed by atoms with Crippen LogP contribution in [0.3, 0.4) is 0 Å². The monoisotopic (exact) mass is 272 g/mol. The predicted molar refractivity (Wildman–Crippen MR) is 65.7 cm³/mol. The van der Waals surface area contributed by atoms with Gasteiger partial charge in [0.15, 0.2) is 0 Å². The molecule has 0 spiro atoms. The van der Waals surface area contributed by atoms with Crippen LogP contribution in [0, 0.1) is 0 Å². The molecule has 2 aliphatic heterocycles. The molecular weight excluding hydrogens is 256 g/mol. The number of thioether (sulfide) groups is 1. The first-order valence-corrected chi connectivity index (χ1v) is 6.52. The third-order valence-corrected chi connectivity index (χ3v) is 4.80. The Hall–Kier alpha value is -1.24. The summed E-state index contributed by atoms with van der Waals surface area (Å²) in [4.78, 5) is 36.3. The van der Waals surface area contributed by atoms with Crippen molar-refractivity contribution in [2.75, 3.05) is 7.11 Å². The van der Waals surface area contributed by atoms with Crippen molar-refractivity contribution in [2.45, 2.75) is 43.0 Å². The molecule has 6 nitrogen and oxygen atoms in total. The van der Waals surface area contributed by atoms with Crippen molar-refractivity contribution in [3.05, 3.63) is 0 Å². The molecule has 0 aromatic rings. The lowest BCUT2D eigenvalue weighted by atomic mass is 9.96. The Kier molecular flexibility index (Phi) is 3.04. The van der Waals surface area contributed by atoms with Crippen molar-refractivity contribution in [3.63, 3.8) is 0 Å². The number of esters is 1. The van der Waals surface area contributed by atoms with E-state index in [1.54, 1.807) is 0 Å².